The maximum absolute atomic E-state index is 11.6. The molecule has 0 fully saturated rings. The Morgan fingerprint density at radius 3 is 2.71 bits per heavy atom. The number of thioether (sulfide) groups is 1. The van der Waals surface area contributed by atoms with Crippen molar-refractivity contribution in [1.29, 1.82) is 0 Å². The largest absolute Gasteiger partial charge is 0.493 e. The van der Waals surface area contributed by atoms with E-state index in [9.17, 15) is 4.79 Å². The van der Waals surface area contributed by atoms with Gasteiger partial charge in [-0.25, -0.2) is 4.79 Å². The van der Waals surface area contributed by atoms with Crippen LogP contribution in [0.3, 0.4) is 0 Å². The number of rotatable bonds is 9. The van der Waals surface area contributed by atoms with Crippen LogP contribution in [0.1, 0.15) is 5.56 Å². The summed E-state index contributed by atoms with van der Waals surface area (Å²) in [5.41, 5.74) is 0.978. The summed E-state index contributed by atoms with van der Waals surface area (Å²) in [6.45, 7) is 1.51. The molecule has 0 spiro atoms. The summed E-state index contributed by atoms with van der Waals surface area (Å²) >= 11 is 5.14. The first kappa shape index (κ1) is 18.7. The standard InChI is InChI=1S/C18H20BrNO3S/c19-16-7-4-8-17(13-16)22-10-12-24-11-9-20-18(21)23-14-15-5-2-1-3-6-15/h1-8,13H,9-12,14H2,(H,20,21). The highest BCUT2D eigenvalue weighted by atomic mass is 79.9. The number of carbonyl (C=O) groups excluding carboxylic acids is 1. The zero-order valence-electron chi connectivity index (χ0n) is 13.2. The molecule has 0 heterocycles. The van der Waals surface area contributed by atoms with Gasteiger partial charge in [0.05, 0.1) is 6.61 Å². The number of hydrogen-bond donors (Lipinski definition) is 1. The van der Waals surface area contributed by atoms with Crippen molar-refractivity contribution < 1.29 is 14.3 Å². The molecule has 0 saturated carbocycles. The molecule has 4 nitrogen and oxygen atoms in total. The van der Waals surface area contributed by atoms with Gasteiger partial charge in [-0.2, -0.15) is 11.8 Å². The van der Waals surface area contributed by atoms with Gasteiger partial charge < -0.3 is 14.8 Å². The van der Waals surface area contributed by atoms with E-state index >= 15 is 0 Å². The van der Waals surface area contributed by atoms with Gasteiger partial charge in [-0.05, 0) is 23.8 Å². The van der Waals surface area contributed by atoms with E-state index in [0.29, 0.717) is 19.8 Å². The summed E-state index contributed by atoms with van der Waals surface area (Å²) < 4.78 is 11.8. The van der Waals surface area contributed by atoms with Crippen LogP contribution in [-0.4, -0.2) is 30.8 Å². The number of nitrogens with one attached hydrogen (secondary N) is 1. The van der Waals surface area contributed by atoms with Crippen LogP contribution >= 0.6 is 27.7 Å². The van der Waals surface area contributed by atoms with Crippen LogP contribution in [-0.2, 0) is 11.3 Å². The van der Waals surface area contributed by atoms with Gasteiger partial charge in [0.2, 0.25) is 0 Å². The lowest BCUT2D eigenvalue weighted by Gasteiger charge is -2.08. The van der Waals surface area contributed by atoms with E-state index in [1.165, 1.54) is 0 Å². The summed E-state index contributed by atoms with van der Waals surface area (Å²) in [5.74, 6) is 2.54. The Morgan fingerprint density at radius 1 is 1.08 bits per heavy atom. The Hall–Kier alpha value is -1.66. The molecule has 0 bridgehead atoms. The second-order valence-corrected chi connectivity index (χ2v) is 7.05. The molecule has 2 aromatic rings. The van der Waals surface area contributed by atoms with E-state index < -0.39 is 0 Å². The van der Waals surface area contributed by atoms with Crippen molar-refractivity contribution >= 4 is 33.8 Å². The van der Waals surface area contributed by atoms with Gasteiger partial charge in [0.25, 0.3) is 0 Å². The number of alkyl carbamates (subject to hydrolysis) is 1. The van der Waals surface area contributed by atoms with Crippen molar-refractivity contribution in [3.63, 3.8) is 0 Å². The van der Waals surface area contributed by atoms with Crippen LogP contribution in [0.5, 0.6) is 5.75 Å². The van der Waals surface area contributed by atoms with E-state index in [0.717, 1.165) is 27.3 Å². The monoisotopic (exact) mass is 409 g/mol. The fourth-order valence-corrected chi connectivity index (χ4v) is 2.91. The van der Waals surface area contributed by atoms with Crippen molar-refractivity contribution in [2.75, 3.05) is 24.7 Å². The maximum Gasteiger partial charge on any atom is 0.407 e. The SMILES string of the molecule is O=C(NCCSCCOc1cccc(Br)c1)OCc1ccccc1. The molecule has 128 valence electrons. The molecule has 1 amide bonds. The van der Waals surface area contributed by atoms with Crippen LogP contribution in [0.2, 0.25) is 0 Å². The van der Waals surface area contributed by atoms with Gasteiger partial charge >= 0.3 is 6.09 Å². The number of carbonyl (C=O) groups is 1. The van der Waals surface area contributed by atoms with Gasteiger partial charge in [-0.3, -0.25) is 0 Å². The van der Waals surface area contributed by atoms with E-state index in [-0.39, 0.29) is 6.09 Å². The zero-order valence-corrected chi connectivity index (χ0v) is 15.6. The molecule has 0 aliphatic rings. The lowest BCUT2D eigenvalue weighted by atomic mass is 10.2. The fourth-order valence-electron chi connectivity index (χ4n) is 1.88. The van der Waals surface area contributed by atoms with Gasteiger partial charge in [-0.15, -0.1) is 0 Å². The minimum atomic E-state index is -0.384. The first-order chi connectivity index (χ1) is 11.7. The Bertz CT molecular complexity index is 625. The van der Waals surface area contributed by atoms with Crippen molar-refractivity contribution in [2.24, 2.45) is 0 Å². The highest BCUT2D eigenvalue weighted by Gasteiger charge is 2.01. The Kier molecular flexibility index (Phi) is 8.55. The van der Waals surface area contributed by atoms with Crippen LogP contribution in [0, 0.1) is 0 Å². The molecule has 0 aliphatic carbocycles. The van der Waals surface area contributed by atoms with Crippen molar-refractivity contribution in [2.45, 2.75) is 6.61 Å². The maximum atomic E-state index is 11.6. The van der Waals surface area contributed by atoms with Crippen LogP contribution < -0.4 is 10.1 Å². The second kappa shape index (κ2) is 11.0. The summed E-state index contributed by atoms with van der Waals surface area (Å²) in [6, 6.07) is 17.4. The van der Waals surface area contributed by atoms with Crippen LogP contribution in [0.25, 0.3) is 0 Å². The van der Waals surface area contributed by atoms with Crippen molar-refractivity contribution in [3.8, 4) is 5.75 Å². The van der Waals surface area contributed by atoms with Gasteiger partial charge in [0, 0.05) is 22.5 Å². The molecule has 6 heteroatoms. The summed E-state index contributed by atoms with van der Waals surface area (Å²) in [5, 5.41) is 2.74. The first-order valence-electron chi connectivity index (χ1n) is 7.65. The predicted molar refractivity (Wildman–Crippen MR) is 102 cm³/mol. The van der Waals surface area contributed by atoms with Crippen molar-refractivity contribution in [3.05, 3.63) is 64.6 Å². The fraction of sp³-hybridized carbons (Fsp3) is 0.278. The van der Waals surface area contributed by atoms with Gasteiger partial charge in [-0.1, -0.05) is 52.3 Å². The van der Waals surface area contributed by atoms with E-state index in [2.05, 4.69) is 21.2 Å². The molecule has 0 radical (unpaired) electrons. The lowest BCUT2D eigenvalue weighted by molar-refractivity contribution is 0.140. The molecule has 0 unspecified atom stereocenters. The molecule has 2 rings (SSSR count). The van der Waals surface area contributed by atoms with E-state index in [4.69, 9.17) is 9.47 Å². The smallest absolute Gasteiger partial charge is 0.407 e. The zero-order chi connectivity index (χ0) is 17.0. The van der Waals surface area contributed by atoms with Gasteiger partial charge in [0.15, 0.2) is 0 Å². The average molecular weight is 410 g/mol. The summed E-state index contributed by atoms with van der Waals surface area (Å²) in [7, 11) is 0. The highest BCUT2D eigenvalue weighted by Crippen LogP contribution is 2.17. The molecular weight excluding hydrogens is 390 g/mol. The Morgan fingerprint density at radius 2 is 1.92 bits per heavy atom. The Balaban J connectivity index is 1.47. The first-order valence-corrected chi connectivity index (χ1v) is 9.59. The number of amides is 1. The normalized spacial score (nSPS) is 10.2. The van der Waals surface area contributed by atoms with E-state index in [1.54, 1.807) is 11.8 Å². The molecule has 0 aliphatic heterocycles. The number of ether oxygens (including phenoxy) is 2. The third kappa shape index (κ3) is 7.75. The number of halogens is 1. The van der Waals surface area contributed by atoms with Crippen molar-refractivity contribution in [1.82, 2.24) is 5.32 Å². The molecule has 24 heavy (non-hydrogen) atoms. The van der Waals surface area contributed by atoms with Crippen LogP contribution in [0.4, 0.5) is 4.79 Å². The Labute approximate surface area is 155 Å². The minimum Gasteiger partial charge on any atom is -0.493 e. The minimum absolute atomic E-state index is 0.292. The molecule has 2 aromatic carbocycles. The third-order valence-corrected chi connectivity index (χ3v) is 4.46. The quantitative estimate of drug-likeness (QED) is 0.619. The number of hydrogen-bond acceptors (Lipinski definition) is 4. The average Bonchev–Trinajstić information content (AvgIpc) is 2.60. The summed E-state index contributed by atoms with van der Waals surface area (Å²) in [6.07, 6.45) is -0.384. The van der Waals surface area contributed by atoms with E-state index in [1.807, 2.05) is 54.6 Å². The topological polar surface area (TPSA) is 47.6 Å². The second-order valence-electron chi connectivity index (χ2n) is 4.91. The molecular formula is C18H20BrNO3S. The van der Waals surface area contributed by atoms with Crippen LogP contribution in [0.15, 0.2) is 59.1 Å². The molecule has 0 saturated heterocycles. The molecule has 1 N–H and O–H groups in total. The number of benzene rings is 2. The highest BCUT2D eigenvalue weighted by molar-refractivity contribution is 9.10. The molecule has 0 atom stereocenters. The lowest BCUT2D eigenvalue weighted by Crippen LogP contribution is -2.26. The summed E-state index contributed by atoms with van der Waals surface area (Å²) in [4.78, 5) is 11.6. The third-order valence-electron chi connectivity index (χ3n) is 3.02. The predicted octanol–water partition coefficient (Wildman–Crippen LogP) is 4.49. The van der Waals surface area contributed by atoms with Gasteiger partial charge in [0.1, 0.15) is 12.4 Å². The molecule has 0 aromatic heterocycles.